The van der Waals surface area contributed by atoms with Crippen molar-refractivity contribution < 1.29 is 17.9 Å². The molecule has 0 aliphatic carbocycles. The summed E-state index contributed by atoms with van der Waals surface area (Å²) in [6, 6.07) is 6.75. The minimum atomic E-state index is -3.45. The molecule has 0 aromatic heterocycles. The Hall–Kier alpha value is -1.36. The van der Waals surface area contributed by atoms with Gasteiger partial charge in [-0.15, -0.1) is 0 Å². The molecule has 1 aromatic rings. The molecule has 4 nitrogen and oxygen atoms in total. The van der Waals surface area contributed by atoms with E-state index in [-0.39, 0.29) is 17.3 Å². The van der Waals surface area contributed by atoms with Crippen LogP contribution in [0.15, 0.2) is 29.2 Å². The zero-order valence-corrected chi connectivity index (χ0v) is 11.7. The van der Waals surface area contributed by atoms with E-state index >= 15 is 0 Å². The number of hydrogen-bond acceptors (Lipinski definition) is 4. The van der Waals surface area contributed by atoms with E-state index in [0.29, 0.717) is 5.56 Å². The topological polar surface area (TPSA) is 60.4 Å². The number of rotatable bonds is 5. The molecule has 1 unspecified atom stereocenters. The second kappa shape index (κ2) is 6.00. The molecule has 18 heavy (non-hydrogen) atoms. The Labute approximate surface area is 108 Å². The molecule has 0 aliphatic heterocycles. The van der Waals surface area contributed by atoms with Gasteiger partial charge in [-0.1, -0.05) is 25.1 Å². The van der Waals surface area contributed by atoms with Crippen molar-refractivity contribution in [3.8, 4) is 0 Å². The van der Waals surface area contributed by atoms with Crippen LogP contribution in [0, 0.1) is 12.8 Å². The van der Waals surface area contributed by atoms with Gasteiger partial charge in [0.1, 0.15) is 0 Å². The molecule has 0 heterocycles. The number of aryl methyl sites for hydroxylation is 1. The van der Waals surface area contributed by atoms with Crippen molar-refractivity contribution in [1.29, 1.82) is 0 Å². The lowest BCUT2D eigenvalue weighted by atomic mass is 10.2. The van der Waals surface area contributed by atoms with Gasteiger partial charge in [0, 0.05) is 0 Å². The maximum atomic E-state index is 12.2. The van der Waals surface area contributed by atoms with Crippen LogP contribution in [0.25, 0.3) is 0 Å². The smallest absolute Gasteiger partial charge is 0.309 e. The van der Waals surface area contributed by atoms with Crippen LogP contribution in [0.3, 0.4) is 0 Å². The Balaban J connectivity index is 2.90. The summed E-state index contributed by atoms with van der Waals surface area (Å²) >= 11 is 0. The van der Waals surface area contributed by atoms with Crippen LogP contribution in [-0.2, 0) is 19.4 Å². The van der Waals surface area contributed by atoms with E-state index in [9.17, 15) is 13.2 Å². The van der Waals surface area contributed by atoms with Crippen LogP contribution in [0.4, 0.5) is 0 Å². The van der Waals surface area contributed by atoms with Crippen LogP contribution < -0.4 is 0 Å². The molecule has 5 heteroatoms. The SMILES string of the molecule is CCOC(=O)C(C)CS(=O)(=O)c1ccccc1C. The Morgan fingerprint density at radius 2 is 1.94 bits per heavy atom. The predicted molar refractivity (Wildman–Crippen MR) is 69.0 cm³/mol. The highest BCUT2D eigenvalue weighted by Crippen LogP contribution is 2.18. The molecule has 0 saturated carbocycles. The summed E-state index contributed by atoms with van der Waals surface area (Å²) in [6.07, 6.45) is 0. The third-order valence-electron chi connectivity index (χ3n) is 2.59. The number of benzene rings is 1. The summed E-state index contributed by atoms with van der Waals surface area (Å²) < 4.78 is 29.1. The molecule has 0 aliphatic rings. The molecular formula is C13H18O4S. The Bertz CT molecular complexity index is 520. The summed E-state index contributed by atoms with van der Waals surface area (Å²) in [7, 11) is -3.45. The summed E-state index contributed by atoms with van der Waals surface area (Å²) in [4.78, 5) is 11.7. The molecule has 0 spiro atoms. The van der Waals surface area contributed by atoms with Crippen molar-refractivity contribution >= 4 is 15.8 Å². The van der Waals surface area contributed by atoms with Crippen molar-refractivity contribution in [2.75, 3.05) is 12.4 Å². The highest BCUT2D eigenvalue weighted by atomic mass is 32.2. The largest absolute Gasteiger partial charge is 0.466 e. The van der Waals surface area contributed by atoms with E-state index in [2.05, 4.69) is 0 Å². The molecule has 0 bridgehead atoms. The normalized spacial score (nSPS) is 13.1. The summed E-state index contributed by atoms with van der Waals surface area (Å²) in [5.74, 6) is -1.36. The lowest BCUT2D eigenvalue weighted by Crippen LogP contribution is -2.23. The van der Waals surface area contributed by atoms with Gasteiger partial charge in [-0.3, -0.25) is 4.79 Å². The van der Waals surface area contributed by atoms with Crippen molar-refractivity contribution in [2.24, 2.45) is 5.92 Å². The van der Waals surface area contributed by atoms with Gasteiger partial charge in [-0.05, 0) is 25.5 Å². The van der Waals surface area contributed by atoms with Gasteiger partial charge in [0.05, 0.1) is 23.2 Å². The maximum Gasteiger partial charge on any atom is 0.309 e. The van der Waals surface area contributed by atoms with Gasteiger partial charge < -0.3 is 4.74 Å². The van der Waals surface area contributed by atoms with Crippen molar-refractivity contribution in [3.05, 3.63) is 29.8 Å². The quantitative estimate of drug-likeness (QED) is 0.767. The van der Waals surface area contributed by atoms with Crippen molar-refractivity contribution in [2.45, 2.75) is 25.7 Å². The highest BCUT2D eigenvalue weighted by molar-refractivity contribution is 7.91. The molecule has 100 valence electrons. The first-order valence-corrected chi connectivity index (χ1v) is 7.48. The van der Waals surface area contributed by atoms with Gasteiger partial charge in [-0.25, -0.2) is 8.42 Å². The fourth-order valence-corrected chi connectivity index (χ4v) is 3.50. The van der Waals surface area contributed by atoms with E-state index in [1.165, 1.54) is 0 Å². The molecule has 0 amide bonds. The first kappa shape index (κ1) is 14.7. The maximum absolute atomic E-state index is 12.2. The van der Waals surface area contributed by atoms with Crippen LogP contribution in [0.1, 0.15) is 19.4 Å². The highest BCUT2D eigenvalue weighted by Gasteiger charge is 2.25. The molecule has 1 rings (SSSR count). The number of esters is 1. The zero-order valence-electron chi connectivity index (χ0n) is 10.8. The molecular weight excluding hydrogens is 252 g/mol. The van der Waals surface area contributed by atoms with Crippen LogP contribution >= 0.6 is 0 Å². The van der Waals surface area contributed by atoms with Crippen LogP contribution in [0.5, 0.6) is 0 Å². The van der Waals surface area contributed by atoms with E-state index in [1.54, 1.807) is 45.0 Å². The second-order valence-corrected chi connectivity index (χ2v) is 6.20. The van der Waals surface area contributed by atoms with E-state index in [0.717, 1.165) is 0 Å². The third-order valence-corrected chi connectivity index (χ3v) is 4.65. The molecule has 0 saturated heterocycles. The zero-order chi connectivity index (χ0) is 13.8. The lowest BCUT2D eigenvalue weighted by Gasteiger charge is -2.12. The number of sulfone groups is 1. The fraction of sp³-hybridized carbons (Fsp3) is 0.462. The Morgan fingerprint density at radius 3 is 2.50 bits per heavy atom. The third kappa shape index (κ3) is 3.57. The van der Waals surface area contributed by atoms with Gasteiger partial charge in [-0.2, -0.15) is 0 Å². The number of ether oxygens (including phenoxy) is 1. The van der Waals surface area contributed by atoms with E-state index in [4.69, 9.17) is 4.74 Å². The van der Waals surface area contributed by atoms with Gasteiger partial charge in [0.15, 0.2) is 9.84 Å². The minimum Gasteiger partial charge on any atom is -0.466 e. The van der Waals surface area contributed by atoms with Gasteiger partial charge in [0.25, 0.3) is 0 Å². The van der Waals surface area contributed by atoms with E-state index in [1.807, 2.05) is 0 Å². The number of hydrogen-bond donors (Lipinski definition) is 0. The fourth-order valence-electron chi connectivity index (χ4n) is 1.68. The first-order valence-electron chi connectivity index (χ1n) is 5.83. The minimum absolute atomic E-state index is 0.226. The Kier molecular flexibility index (Phi) is 4.90. The first-order chi connectivity index (χ1) is 8.38. The Morgan fingerprint density at radius 1 is 1.33 bits per heavy atom. The average Bonchev–Trinajstić information content (AvgIpc) is 2.29. The summed E-state index contributed by atoms with van der Waals surface area (Å²) in [6.45, 7) is 5.25. The number of carbonyl (C=O) groups excluding carboxylic acids is 1. The second-order valence-electron chi connectivity index (χ2n) is 4.20. The molecule has 0 fully saturated rings. The van der Waals surface area contributed by atoms with Crippen LogP contribution in [0.2, 0.25) is 0 Å². The predicted octanol–water partition coefficient (Wildman–Crippen LogP) is 1.97. The van der Waals surface area contributed by atoms with Crippen LogP contribution in [-0.4, -0.2) is 26.7 Å². The van der Waals surface area contributed by atoms with Gasteiger partial charge >= 0.3 is 5.97 Å². The lowest BCUT2D eigenvalue weighted by molar-refractivity contribution is -0.146. The molecule has 0 radical (unpaired) electrons. The number of carbonyl (C=O) groups is 1. The standard InChI is InChI=1S/C13H18O4S/c1-4-17-13(14)11(3)9-18(15,16)12-8-6-5-7-10(12)2/h5-8,11H,4,9H2,1-3H3. The van der Waals surface area contributed by atoms with Gasteiger partial charge in [0.2, 0.25) is 0 Å². The molecule has 1 aromatic carbocycles. The average molecular weight is 270 g/mol. The molecule has 1 atom stereocenters. The summed E-state index contributed by atoms with van der Waals surface area (Å²) in [5, 5.41) is 0. The van der Waals surface area contributed by atoms with E-state index < -0.39 is 21.7 Å². The van der Waals surface area contributed by atoms with Crippen molar-refractivity contribution in [1.82, 2.24) is 0 Å². The monoisotopic (exact) mass is 270 g/mol. The van der Waals surface area contributed by atoms with Crippen molar-refractivity contribution in [3.63, 3.8) is 0 Å². The molecule has 0 N–H and O–H groups in total. The summed E-state index contributed by atoms with van der Waals surface area (Å²) in [5.41, 5.74) is 0.688.